The van der Waals surface area contributed by atoms with Crippen molar-refractivity contribution in [2.75, 3.05) is 62.7 Å². The molecule has 0 spiro atoms. The Labute approximate surface area is 246 Å². The second-order valence-electron chi connectivity index (χ2n) is 11.4. The molecule has 3 atom stereocenters. The number of amides is 1. The predicted octanol–water partition coefficient (Wildman–Crippen LogP) is 2.76. The van der Waals surface area contributed by atoms with Gasteiger partial charge in [-0.2, -0.15) is 9.97 Å². The van der Waals surface area contributed by atoms with Gasteiger partial charge in [-0.3, -0.25) is 9.69 Å². The molecule has 3 aliphatic heterocycles. The van der Waals surface area contributed by atoms with Gasteiger partial charge < -0.3 is 29.4 Å². The summed E-state index contributed by atoms with van der Waals surface area (Å²) >= 11 is 0. The molecule has 0 saturated carbocycles. The second kappa shape index (κ2) is 12.0. The van der Waals surface area contributed by atoms with E-state index in [-0.39, 0.29) is 30.6 Å². The number of fused-ring (bicyclic) bond motifs is 2. The standard InChI is InChI=1S/C32H37N7O3/c1-4-30(41)39-15-14-38(18-24(39)17-33-2)31-27-12-13-37(29-11-7-9-22-8-5-6-10-26(22)29)20-28(27)34-32(35-31)42-21-23-16-25(40)19-36(23)3/h4-11,23-25,40H,1,12-21H2,3H3/t23-,24?,25+/m0/s1. The van der Waals surface area contributed by atoms with Gasteiger partial charge in [-0.05, 0) is 37.4 Å². The first-order chi connectivity index (χ1) is 20.4. The number of ether oxygens (including phenoxy) is 1. The van der Waals surface area contributed by atoms with Crippen molar-refractivity contribution in [2.45, 2.75) is 37.6 Å². The Morgan fingerprint density at radius 1 is 1.12 bits per heavy atom. The minimum atomic E-state index is -0.355. The molecule has 4 heterocycles. The molecule has 0 radical (unpaired) electrons. The molecule has 10 heteroatoms. The molecule has 2 saturated heterocycles. The first-order valence-electron chi connectivity index (χ1n) is 14.6. The molecule has 1 amide bonds. The van der Waals surface area contributed by atoms with Crippen molar-refractivity contribution in [3.63, 3.8) is 0 Å². The number of hydrogen-bond donors (Lipinski definition) is 1. The lowest BCUT2D eigenvalue weighted by Crippen LogP contribution is -2.56. The number of aliphatic hydroxyl groups excluding tert-OH is 1. The molecule has 0 aliphatic carbocycles. The summed E-state index contributed by atoms with van der Waals surface area (Å²) in [6, 6.07) is 15.0. The molecule has 1 unspecified atom stereocenters. The third kappa shape index (κ3) is 5.50. The van der Waals surface area contributed by atoms with Crippen LogP contribution in [-0.2, 0) is 17.8 Å². The molecule has 10 nitrogen and oxygen atoms in total. The Morgan fingerprint density at radius 3 is 2.74 bits per heavy atom. The fourth-order valence-electron chi connectivity index (χ4n) is 6.54. The maximum atomic E-state index is 12.5. The summed E-state index contributed by atoms with van der Waals surface area (Å²) < 4.78 is 6.22. The lowest BCUT2D eigenvalue weighted by Gasteiger charge is -2.41. The monoisotopic (exact) mass is 567 g/mol. The zero-order chi connectivity index (χ0) is 29.2. The number of piperazine rings is 1. The van der Waals surface area contributed by atoms with Gasteiger partial charge in [-0.15, -0.1) is 0 Å². The molecule has 1 aromatic heterocycles. The number of carbonyl (C=O) groups excluding carboxylic acids is 1. The van der Waals surface area contributed by atoms with Crippen LogP contribution in [0.3, 0.4) is 0 Å². The summed E-state index contributed by atoms with van der Waals surface area (Å²) in [6.07, 6.45) is 2.39. The summed E-state index contributed by atoms with van der Waals surface area (Å²) in [5.41, 5.74) is 3.20. The van der Waals surface area contributed by atoms with Gasteiger partial charge in [0.05, 0.1) is 18.3 Å². The molecule has 218 valence electrons. The number of hydrogen-bond acceptors (Lipinski definition) is 8. The number of carbonyl (C=O) groups is 1. The van der Waals surface area contributed by atoms with Crippen LogP contribution >= 0.6 is 0 Å². The summed E-state index contributed by atoms with van der Waals surface area (Å²) in [5.74, 6) is 0.679. The maximum Gasteiger partial charge on any atom is 0.318 e. The Balaban J connectivity index is 1.32. The average Bonchev–Trinajstić information content (AvgIpc) is 3.34. The average molecular weight is 568 g/mol. The number of likely N-dealkylation sites (tertiary alicyclic amines) is 1. The molecular weight excluding hydrogens is 530 g/mol. The van der Waals surface area contributed by atoms with Crippen LogP contribution < -0.4 is 14.5 Å². The number of likely N-dealkylation sites (N-methyl/N-ethyl adjacent to an activating group) is 1. The van der Waals surface area contributed by atoms with E-state index >= 15 is 0 Å². The van der Waals surface area contributed by atoms with Gasteiger partial charge in [0, 0.05) is 55.4 Å². The van der Waals surface area contributed by atoms with E-state index in [0.29, 0.717) is 51.8 Å². The molecule has 2 aromatic carbocycles. The van der Waals surface area contributed by atoms with Gasteiger partial charge in [0.2, 0.25) is 12.5 Å². The first-order valence-corrected chi connectivity index (χ1v) is 14.6. The van der Waals surface area contributed by atoms with E-state index in [1.165, 1.54) is 22.5 Å². The van der Waals surface area contributed by atoms with Crippen LogP contribution in [0.15, 0.2) is 55.1 Å². The first kappa shape index (κ1) is 27.9. The Morgan fingerprint density at radius 2 is 1.95 bits per heavy atom. The third-order valence-corrected chi connectivity index (χ3v) is 8.74. The van der Waals surface area contributed by atoms with E-state index in [0.717, 1.165) is 30.0 Å². The summed E-state index contributed by atoms with van der Waals surface area (Å²) in [4.78, 5) is 34.4. The van der Waals surface area contributed by atoms with Crippen LogP contribution in [-0.4, -0.2) is 102 Å². The van der Waals surface area contributed by atoms with Crippen molar-refractivity contribution in [1.29, 1.82) is 0 Å². The van der Waals surface area contributed by atoms with E-state index in [9.17, 15) is 9.90 Å². The van der Waals surface area contributed by atoms with Gasteiger partial charge in [0.15, 0.2) is 0 Å². The van der Waals surface area contributed by atoms with Gasteiger partial charge in [0.1, 0.15) is 18.5 Å². The van der Waals surface area contributed by atoms with Gasteiger partial charge in [0.25, 0.3) is 0 Å². The Kier molecular flexibility index (Phi) is 7.96. The second-order valence-corrected chi connectivity index (χ2v) is 11.4. The van der Waals surface area contributed by atoms with E-state index in [1.807, 2.05) is 7.05 Å². The van der Waals surface area contributed by atoms with E-state index < -0.39 is 0 Å². The quantitative estimate of drug-likeness (QED) is 0.345. The number of nitrogens with zero attached hydrogens (tertiary/aromatic N) is 7. The largest absolute Gasteiger partial charge is 0.462 e. The van der Waals surface area contributed by atoms with Crippen LogP contribution in [0.1, 0.15) is 17.7 Å². The topological polar surface area (TPSA) is 89.6 Å². The molecule has 6 rings (SSSR count). The fraction of sp³-hybridized carbons (Fsp3) is 0.438. The number of anilines is 2. The Hall–Kier alpha value is -4.20. The van der Waals surface area contributed by atoms with Crippen LogP contribution in [0.25, 0.3) is 15.6 Å². The number of β-amino-alcohol motifs (C(OH)–C–C–N with tert-alkyl or cyclic N) is 1. The highest BCUT2D eigenvalue weighted by molar-refractivity contribution is 5.94. The zero-order valence-corrected chi connectivity index (χ0v) is 24.0. The van der Waals surface area contributed by atoms with Crippen molar-refractivity contribution in [1.82, 2.24) is 19.8 Å². The molecule has 3 aromatic rings. The van der Waals surface area contributed by atoms with Crippen LogP contribution in [0.4, 0.5) is 11.5 Å². The zero-order valence-electron chi connectivity index (χ0n) is 24.0. The third-order valence-electron chi connectivity index (χ3n) is 8.74. The summed E-state index contributed by atoms with van der Waals surface area (Å²) in [6.45, 7) is 15.4. The Bertz CT molecular complexity index is 1520. The van der Waals surface area contributed by atoms with Crippen molar-refractivity contribution >= 4 is 28.2 Å². The van der Waals surface area contributed by atoms with E-state index in [1.54, 1.807) is 4.90 Å². The molecular formula is C32H37N7O3. The molecule has 3 aliphatic rings. The van der Waals surface area contributed by atoms with Crippen molar-refractivity contribution in [3.05, 3.63) is 77.8 Å². The highest BCUT2D eigenvalue weighted by Crippen LogP contribution is 2.35. The van der Waals surface area contributed by atoms with Gasteiger partial charge in [-0.25, -0.2) is 6.57 Å². The van der Waals surface area contributed by atoms with Crippen molar-refractivity contribution in [2.24, 2.45) is 0 Å². The summed E-state index contributed by atoms with van der Waals surface area (Å²) in [7, 11) is 1.99. The van der Waals surface area contributed by atoms with Gasteiger partial charge in [-0.1, -0.05) is 43.0 Å². The summed E-state index contributed by atoms with van der Waals surface area (Å²) in [5, 5.41) is 12.5. The van der Waals surface area contributed by atoms with Crippen LogP contribution in [0.2, 0.25) is 0 Å². The fourth-order valence-corrected chi connectivity index (χ4v) is 6.54. The number of rotatable bonds is 7. The number of aromatic nitrogens is 2. The van der Waals surface area contributed by atoms with Crippen molar-refractivity contribution < 1.29 is 14.6 Å². The smallest absolute Gasteiger partial charge is 0.318 e. The lowest BCUT2D eigenvalue weighted by molar-refractivity contribution is -0.128. The molecule has 0 bridgehead atoms. The molecule has 2 fully saturated rings. The molecule has 1 N–H and O–H groups in total. The van der Waals surface area contributed by atoms with Crippen molar-refractivity contribution in [3.8, 4) is 6.01 Å². The number of benzene rings is 2. The molecule has 42 heavy (non-hydrogen) atoms. The SMILES string of the molecule is [C-]#[N+]CC1CN(c2nc(OC[C@@H]3C[C@@H](O)CN3C)nc3c2CCN(c2cccc4ccccc24)C3)CCN1C(=O)C=C. The minimum absolute atomic E-state index is 0.0896. The minimum Gasteiger partial charge on any atom is -0.462 e. The normalized spacial score (nSPS) is 22.6. The van der Waals surface area contributed by atoms with Gasteiger partial charge >= 0.3 is 6.01 Å². The number of aliphatic hydroxyl groups is 1. The van der Waals surface area contributed by atoms with Crippen LogP contribution in [0, 0.1) is 6.57 Å². The van der Waals surface area contributed by atoms with Crippen LogP contribution in [0.5, 0.6) is 6.01 Å². The predicted molar refractivity (Wildman–Crippen MR) is 163 cm³/mol. The van der Waals surface area contributed by atoms with E-state index in [4.69, 9.17) is 21.3 Å². The van der Waals surface area contributed by atoms with E-state index in [2.05, 4.69) is 68.6 Å². The highest BCUT2D eigenvalue weighted by atomic mass is 16.5. The maximum absolute atomic E-state index is 12.5. The lowest BCUT2D eigenvalue weighted by atomic mass is 10.0. The highest BCUT2D eigenvalue weighted by Gasteiger charge is 2.35.